The summed E-state index contributed by atoms with van der Waals surface area (Å²) >= 11 is 0. The van der Waals surface area contributed by atoms with Crippen molar-refractivity contribution in [1.82, 2.24) is 9.97 Å². The maximum absolute atomic E-state index is 11.0. The molecule has 0 atom stereocenters. The monoisotopic (exact) mass is 214 g/mol. The molecule has 4 nitrogen and oxygen atoms in total. The van der Waals surface area contributed by atoms with E-state index in [1.165, 1.54) is 12.3 Å². The second-order valence-electron chi connectivity index (χ2n) is 3.34. The van der Waals surface area contributed by atoms with Crippen LogP contribution in [0.25, 0.3) is 0 Å². The molecule has 2 aromatic heterocycles. The fourth-order valence-electron chi connectivity index (χ4n) is 1.47. The van der Waals surface area contributed by atoms with E-state index in [0.717, 1.165) is 5.69 Å². The van der Waals surface area contributed by atoms with Gasteiger partial charge in [-0.3, -0.25) is 9.97 Å². The van der Waals surface area contributed by atoms with Gasteiger partial charge in [-0.2, -0.15) is 0 Å². The van der Waals surface area contributed by atoms with E-state index in [1.807, 2.05) is 18.2 Å². The molecule has 0 aliphatic carbocycles. The normalized spacial score (nSPS) is 10.0. The number of hydrogen-bond donors (Lipinski definition) is 1. The fourth-order valence-corrected chi connectivity index (χ4v) is 1.47. The molecule has 1 N–H and O–H groups in total. The molecule has 0 aliphatic heterocycles. The summed E-state index contributed by atoms with van der Waals surface area (Å²) in [7, 11) is 0. The molecule has 4 heteroatoms. The first-order valence-electron chi connectivity index (χ1n) is 4.83. The van der Waals surface area contributed by atoms with E-state index in [2.05, 4.69) is 9.97 Å². The maximum Gasteiger partial charge on any atom is 0.336 e. The van der Waals surface area contributed by atoms with Gasteiger partial charge in [0.25, 0.3) is 0 Å². The van der Waals surface area contributed by atoms with Gasteiger partial charge in [-0.1, -0.05) is 6.07 Å². The number of carbonyl (C=O) groups is 1. The van der Waals surface area contributed by atoms with Crippen molar-refractivity contribution in [2.75, 3.05) is 0 Å². The number of hydrogen-bond acceptors (Lipinski definition) is 3. The van der Waals surface area contributed by atoms with E-state index in [0.29, 0.717) is 12.0 Å². The zero-order valence-corrected chi connectivity index (χ0v) is 8.50. The molecule has 0 aromatic carbocycles. The molecule has 0 saturated heterocycles. The van der Waals surface area contributed by atoms with Crippen molar-refractivity contribution < 1.29 is 9.90 Å². The molecule has 0 saturated carbocycles. The van der Waals surface area contributed by atoms with E-state index < -0.39 is 5.97 Å². The predicted molar refractivity (Wildman–Crippen MR) is 58.2 cm³/mol. The van der Waals surface area contributed by atoms with Crippen molar-refractivity contribution in [3.8, 4) is 0 Å². The molecule has 0 fully saturated rings. The minimum Gasteiger partial charge on any atom is -0.478 e. The SMILES string of the molecule is O=C(O)c1ccncc1Cc1ccccn1. The molecule has 0 unspecified atom stereocenters. The van der Waals surface area contributed by atoms with E-state index in [4.69, 9.17) is 5.11 Å². The molecule has 0 spiro atoms. The van der Waals surface area contributed by atoms with Crippen LogP contribution in [-0.4, -0.2) is 21.0 Å². The third-order valence-corrected chi connectivity index (χ3v) is 2.23. The molecule has 0 bridgehead atoms. The summed E-state index contributed by atoms with van der Waals surface area (Å²) in [6.07, 6.45) is 5.21. The van der Waals surface area contributed by atoms with Gasteiger partial charge >= 0.3 is 5.97 Å². The van der Waals surface area contributed by atoms with Crippen LogP contribution in [0.5, 0.6) is 0 Å². The van der Waals surface area contributed by atoms with Gasteiger partial charge in [0.1, 0.15) is 0 Å². The second kappa shape index (κ2) is 4.53. The molecule has 16 heavy (non-hydrogen) atoms. The summed E-state index contributed by atoms with van der Waals surface area (Å²) in [6, 6.07) is 7.06. The smallest absolute Gasteiger partial charge is 0.336 e. The molecule has 0 amide bonds. The van der Waals surface area contributed by atoms with Gasteiger partial charge in [0.05, 0.1) is 5.56 Å². The number of carboxylic acids is 1. The summed E-state index contributed by atoms with van der Waals surface area (Å²) in [5, 5.41) is 9.00. The van der Waals surface area contributed by atoms with E-state index in [1.54, 1.807) is 12.4 Å². The van der Waals surface area contributed by atoms with Crippen LogP contribution in [-0.2, 0) is 6.42 Å². The van der Waals surface area contributed by atoms with E-state index >= 15 is 0 Å². The van der Waals surface area contributed by atoms with Gasteiger partial charge in [0.15, 0.2) is 0 Å². The van der Waals surface area contributed by atoms with Crippen molar-refractivity contribution in [2.45, 2.75) is 6.42 Å². The summed E-state index contributed by atoms with van der Waals surface area (Å²) in [5.74, 6) is -0.937. The van der Waals surface area contributed by atoms with Crippen LogP contribution < -0.4 is 0 Å². The highest BCUT2D eigenvalue weighted by Crippen LogP contribution is 2.11. The lowest BCUT2D eigenvalue weighted by molar-refractivity contribution is 0.0695. The first kappa shape index (κ1) is 10.3. The Morgan fingerprint density at radius 3 is 2.81 bits per heavy atom. The van der Waals surface area contributed by atoms with Crippen LogP contribution in [0.1, 0.15) is 21.6 Å². The number of carboxylic acid groups (broad SMARTS) is 1. The Bertz CT molecular complexity index is 497. The lowest BCUT2D eigenvalue weighted by Gasteiger charge is -2.04. The Labute approximate surface area is 92.6 Å². The summed E-state index contributed by atoms with van der Waals surface area (Å²) in [5.41, 5.74) is 1.78. The van der Waals surface area contributed by atoms with E-state index in [-0.39, 0.29) is 5.56 Å². The van der Waals surface area contributed by atoms with Crippen LogP contribution in [0.3, 0.4) is 0 Å². The number of rotatable bonds is 3. The maximum atomic E-state index is 11.0. The zero-order chi connectivity index (χ0) is 11.4. The number of pyridine rings is 2. The van der Waals surface area contributed by atoms with Gasteiger partial charge < -0.3 is 5.11 Å². The molecule has 80 valence electrons. The minimum atomic E-state index is -0.937. The number of aromatic nitrogens is 2. The van der Waals surface area contributed by atoms with Crippen molar-refractivity contribution in [2.24, 2.45) is 0 Å². The second-order valence-corrected chi connectivity index (χ2v) is 3.34. The number of nitrogens with zero attached hydrogens (tertiary/aromatic N) is 2. The molecule has 2 rings (SSSR count). The minimum absolute atomic E-state index is 0.278. The van der Waals surface area contributed by atoms with Crippen molar-refractivity contribution in [3.63, 3.8) is 0 Å². The highest BCUT2D eigenvalue weighted by Gasteiger charge is 2.09. The van der Waals surface area contributed by atoms with Crippen LogP contribution in [0, 0.1) is 0 Å². The Balaban J connectivity index is 2.31. The molecular weight excluding hydrogens is 204 g/mol. The van der Waals surface area contributed by atoms with Crippen molar-refractivity contribution >= 4 is 5.97 Å². The summed E-state index contributed by atoms with van der Waals surface area (Å²) in [6.45, 7) is 0. The largest absolute Gasteiger partial charge is 0.478 e. The summed E-state index contributed by atoms with van der Waals surface area (Å²) < 4.78 is 0. The van der Waals surface area contributed by atoms with Crippen LogP contribution in [0.15, 0.2) is 42.9 Å². The van der Waals surface area contributed by atoms with Gasteiger partial charge in [-0.05, 0) is 23.8 Å². The van der Waals surface area contributed by atoms with Crippen molar-refractivity contribution in [3.05, 3.63) is 59.7 Å². The first-order chi connectivity index (χ1) is 7.77. The average Bonchev–Trinajstić information content (AvgIpc) is 2.31. The lowest BCUT2D eigenvalue weighted by atomic mass is 10.1. The van der Waals surface area contributed by atoms with Gasteiger partial charge in [0, 0.05) is 30.7 Å². The van der Waals surface area contributed by atoms with E-state index in [9.17, 15) is 4.79 Å². The number of aromatic carboxylic acids is 1. The molecular formula is C12H10N2O2. The molecule has 2 aromatic rings. The van der Waals surface area contributed by atoms with Crippen molar-refractivity contribution in [1.29, 1.82) is 0 Å². The predicted octanol–water partition coefficient (Wildman–Crippen LogP) is 1.77. The average molecular weight is 214 g/mol. The Hall–Kier alpha value is -2.23. The van der Waals surface area contributed by atoms with Crippen LogP contribution >= 0.6 is 0 Å². The zero-order valence-electron chi connectivity index (χ0n) is 8.50. The quantitative estimate of drug-likeness (QED) is 0.845. The highest BCUT2D eigenvalue weighted by molar-refractivity contribution is 5.89. The lowest BCUT2D eigenvalue weighted by Crippen LogP contribution is -2.04. The topological polar surface area (TPSA) is 63.1 Å². The first-order valence-corrected chi connectivity index (χ1v) is 4.83. The van der Waals surface area contributed by atoms with Crippen LogP contribution in [0.2, 0.25) is 0 Å². The third-order valence-electron chi connectivity index (χ3n) is 2.23. The Morgan fingerprint density at radius 2 is 2.12 bits per heavy atom. The molecule has 2 heterocycles. The fraction of sp³-hybridized carbons (Fsp3) is 0.0833. The van der Waals surface area contributed by atoms with Gasteiger partial charge in [-0.25, -0.2) is 4.79 Å². The van der Waals surface area contributed by atoms with Gasteiger partial charge in [0.2, 0.25) is 0 Å². The standard InChI is InChI=1S/C12H10N2O2/c15-12(16)11-4-6-13-8-9(11)7-10-3-1-2-5-14-10/h1-6,8H,7H2,(H,15,16). The Kier molecular flexibility index (Phi) is 2.91. The molecule has 0 aliphatic rings. The third kappa shape index (κ3) is 2.23. The summed E-state index contributed by atoms with van der Waals surface area (Å²) in [4.78, 5) is 19.1. The van der Waals surface area contributed by atoms with Gasteiger partial charge in [-0.15, -0.1) is 0 Å². The van der Waals surface area contributed by atoms with Crippen LogP contribution in [0.4, 0.5) is 0 Å². The highest BCUT2D eigenvalue weighted by atomic mass is 16.4. The molecule has 0 radical (unpaired) electrons. The Morgan fingerprint density at radius 1 is 1.25 bits per heavy atom.